The van der Waals surface area contributed by atoms with Crippen molar-refractivity contribution in [3.63, 3.8) is 0 Å². The van der Waals surface area contributed by atoms with Gasteiger partial charge in [0.15, 0.2) is 0 Å². The first-order valence-electron chi connectivity index (χ1n) is 6.95. The molecule has 1 unspecified atom stereocenters. The number of halogens is 1. The first-order chi connectivity index (χ1) is 10.6. The Labute approximate surface area is 127 Å². The number of aromatic nitrogens is 1. The van der Waals surface area contributed by atoms with Gasteiger partial charge in [0.25, 0.3) is 0 Å². The molecule has 0 saturated heterocycles. The van der Waals surface area contributed by atoms with Gasteiger partial charge in [0.05, 0.1) is 11.1 Å². The molecule has 0 fully saturated rings. The van der Waals surface area contributed by atoms with Gasteiger partial charge in [-0.05, 0) is 23.3 Å². The number of para-hydroxylation sites is 1. The highest BCUT2D eigenvalue weighted by atomic mass is 19.1. The number of carboxylic acids is 1. The minimum Gasteiger partial charge on any atom is -0.478 e. The molecule has 0 saturated carbocycles. The summed E-state index contributed by atoms with van der Waals surface area (Å²) in [5, 5.41) is 10.2. The molecule has 1 N–H and O–H groups in total. The number of pyridine rings is 1. The number of aromatic carboxylic acids is 1. The third-order valence-electron chi connectivity index (χ3n) is 3.85. The molecule has 0 spiro atoms. The van der Waals surface area contributed by atoms with Crippen LogP contribution in [-0.4, -0.2) is 16.1 Å². The van der Waals surface area contributed by atoms with Crippen LogP contribution in [0, 0.1) is 5.82 Å². The van der Waals surface area contributed by atoms with Crippen LogP contribution in [0.4, 0.5) is 4.39 Å². The monoisotopic (exact) mass is 295 g/mol. The lowest BCUT2D eigenvalue weighted by Crippen LogP contribution is -2.09. The van der Waals surface area contributed by atoms with E-state index >= 15 is 0 Å². The summed E-state index contributed by atoms with van der Waals surface area (Å²) < 4.78 is 14.1. The molecule has 2 aromatic carbocycles. The van der Waals surface area contributed by atoms with Crippen LogP contribution in [0.3, 0.4) is 0 Å². The third-order valence-corrected chi connectivity index (χ3v) is 3.85. The summed E-state index contributed by atoms with van der Waals surface area (Å²) in [5.41, 5.74) is 1.87. The molecule has 4 heteroatoms. The molecule has 0 aliphatic carbocycles. The average molecular weight is 295 g/mol. The van der Waals surface area contributed by atoms with Gasteiger partial charge < -0.3 is 5.11 Å². The predicted octanol–water partition coefficient (Wildman–Crippen LogP) is 4.22. The number of hydrogen-bond donors (Lipinski definition) is 1. The summed E-state index contributed by atoms with van der Waals surface area (Å²) in [6.07, 6.45) is 1.34. The quantitative estimate of drug-likeness (QED) is 0.787. The van der Waals surface area contributed by atoms with Crippen molar-refractivity contribution in [1.82, 2.24) is 4.98 Å². The zero-order chi connectivity index (χ0) is 15.7. The van der Waals surface area contributed by atoms with Gasteiger partial charge in [-0.2, -0.15) is 0 Å². The largest absolute Gasteiger partial charge is 0.478 e. The van der Waals surface area contributed by atoms with E-state index in [-0.39, 0.29) is 17.3 Å². The predicted molar refractivity (Wildman–Crippen MR) is 82.6 cm³/mol. The molecule has 0 bridgehead atoms. The smallest absolute Gasteiger partial charge is 0.337 e. The Morgan fingerprint density at radius 3 is 2.55 bits per heavy atom. The summed E-state index contributed by atoms with van der Waals surface area (Å²) >= 11 is 0. The molecule has 1 atom stereocenters. The van der Waals surface area contributed by atoms with Crippen molar-refractivity contribution in [3.8, 4) is 0 Å². The molecule has 0 amide bonds. The van der Waals surface area contributed by atoms with Crippen molar-refractivity contribution in [2.75, 3.05) is 0 Å². The van der Waals surface area contributed by atoms with Crippen molar-refractivity contribution in [1.29, 1.82) is 0 Å². The van der Waals surface area contributed by atoms with E-state index in [1.54, 1.807) is 18.2 Å². The van der Waals surface area contributed by atoms with E-state index in [9.17, 15) is 14.3 Å². The highest BCUT2D eigenvalue weighted by Crippen LogP contribution is 2.33. The van der Waals surface area contributed by atoms with Crippen molar-refractivity contribution < 1.29 is 14.3 Å². The number of carbonyl (C=O) groups is 1. The second-order valence-corrected chi connectivity index (χ2v) is 5.15. The first kappa shape index (κ1) is 14.2. The van der Waals surface area contributed by atoms with E-state index < -0.39 is 5.97 Å². The maximum absolute atomic E-state index is 14.1. The summed E-state index contributed by atoms with van der Waals surface area (Å²) in [7, 11) is 0. The topological polar surface area (TPSA) is 50.2 Å². The maximum Gasteiger partial charge on any atom is 0.337 e. The van der Waals surface area contributed by atoms with Crippen molar-refractivity contribution in [3.05, 3.63) is 77.2 Å². The Morgan fingerprint density at radius 2 is 1.82 bits per heavy atom. The number of benzene rings is 2. The lowest BCUT2D eigenvalue weighted by molar-refractivity contribution is 0.0695. The summed E-state index contributed by atoms with van der Waals surface area (Å²) in [4.78, 5) is 15.7. The van der Waals surface area contributed by atoms with Crippen LogP contribution in [0.25, 0.3) is 10.9 Å². The van der Waals surface area contributed by atoms with Crippen LogP contribution in [0.2, 0.25) is 0 Å². The van der Waals surface area contributed by atoms with Crippen LogP contribution in [0.5, 0.6) is 0 Å². The molecule has 3 rings (SSSR count). The van der Waals surface area contributed by atoms with Gasteiger partial charge in [0, 0.05) is 17.5 Å². The third kappa shape index (κ3) is 2.33. The van der Waals surface area contributed by atoms with Crippen molar-refractivity contribution >= 4 is 16.9 Å². The number of rotatable bonds is 3. The minimum absolute atomic E-state index is 0.106. The van der Waals surface area contributed by atoms with E-state index in [4.69, 9.17) is 0 Å². The molecule has 0 aliphatic heterocycles. The number of carboxylic acid groups (broad SMARTS) is 1. The molecule has 3 aromatic rings. The van der Waals surface area contributed by atoms with Gasteiger partial charge in [-0.25, -0.2) is 9.18 Å². The Morgan fingerprint density at radius 1 is 1.14 bits per heavy atom. The van der Waals surface area contributed by atoms with Crippen LogP contribution in [-0.2, 0) is 0 Å². The van der Waals surface area contributed by atoms with E-state index in [1.165, 1.54) is 12.3 Å². The molecule has 0 aliphatic rings. The van der Waals surface area contributed by atoms with Crippen LogP contribution < -0.4 is 0 Å². The normalized spacial score (nSPS) is 12.3. The summed E-state index contributed by atoms with van der Waals surface area (Å²) in [5.74, 6) is -1.79. The van der Waals surface area contributed by atoms with Crippen LogP contribution >= 0.6 is 0 Å². The minimum atomic E-state index is -1.06. The fraction of sp³-hybridized carbons (Fsp3) is 0.111. The number of hydrogen-bond acceptors (Lipinski definition) is 2. The molecular formula is C18H14FNO2. The van der Waals surface area contributed by atoms with E-state index in [0.29, 0.717) is 16.6 Å². The van der Waals surface area contributed by atoms with E-state index in [0.717, 1.165) is 5.39 Å². The van der Waals surface area contributed by atoms with Crippen molar-refractivity contribution in [2.24, 2.45) is 0 Å². The van der Waals surface area contributed by atoms with Gasteiger partial charge in [-0.3, -0.25) is 4.98 Å². The standard InChI is InChI=1S/C18H14FNO2/c1-11(12-6-2-4-8-15(12)19)17-13-7-3-5-9-16(13)20-10-14(17)18(21)22/h2-11H,1H3,(H,21,22). The lowest BCUT2D eigenvalue weighted by atomic mass is 9.87. The molecule has 22 heavy (non-hydrogen) atoms. The van der Waals surface area contributed by atoms with Gasteiger partial charge in [-0.1, -0.05) is 43.3 Å². The Bertz CT molecular complexity index is 861. The van der Waals surface area contributed by atoms with Gasteiger partial charge in [0.2, 0.25) is 0 Å². The average Bonchev–Trinajstić information content (AvgIpc) is 2.53. The number of fused-ring (bicyclic) bond motifs is 1. The van der Waals surface area contributed by atoms with Crippen LogP contribution in [0.1, 0.15) is 34.3 Å². The fourth-order valence-electron chi connectivity index (χ4n) is 2.78. The summed E-state index contributed by atoms with van der Waals surface area (Å²) in [6.45, 7) is 1.81. The maximum atomic E-state index is 14.1. The second kappa shape index (κ2) is 5.56. The fourth-order valence-corrected chi connectivity index (χ4v) is 2.78. The molecule has 1 heterocycles. The van der Waals surface area contributed by atoms with Gasteiger partial charge >= 0.3 is 5.97 Å². The molecule has 1 aromatic heterocycles. The first-order valence-corrected chi connectivity index (χ1v) is 6.95. The van der Waals surface area contributed by atoms with Crippen molar-refractivity contribution in [2.45, 2.75) is 12.8 Å². The Balaban J connectivity index is 2.30. The van der Waals surface area contributed by atoms with Gasteiger partial charge in [-0.15, -0.1) is 0 Å². The zero-order valence-electron chi connectivity index (χ0n) is 12.0. The second-order valence-electron chi connectivity index (χ2n) is 5.15. The zero-order valence-corrected chi connectivity index (χ0v) is 12.0. The lowest BCUT2D eigenvalue weighted by Gasteiger charge is -2.18. The van der Waals surface area contributed by atoms with E-state index in [2.05, 4.69) is 4.98 Å². The van der Waals surface area contributed by atoms with Crippen LogP contribution in [0.15, 0.2) is 54.7 Å². The highest BCUT2D eigenvalue weighted by molar-refractivity contribution is 5.96. The summed E-state index contributed by atoms with van der Waals surface area (Å²) in [6, 6.07) is 13.7. The SMILES string of the molecule is CC(c1ccccc1F)c1c(C(=O)O)cnc2ccccc12. The molecular weight excluding hydrogens is 281 g/mol. The Kier molecular flexibility index (Phi) is 3.59. The molecule has 3 nitrogen and oxygen atoms in total. The van der Waals surface area contributed by atoms with E-state index in [1.807, 2.05) is 31.2 Å². The van der Waals surface area contributed by atoms with Gasteiger partial charge in [0.1, 0.15) is 5.82 Å². The highest BCUT2D eigenvalue weighted by Gasteiger charge is 2.22. The number of nitrogens with zero attached hydrogens (tertiary/aromatic N) is 1. The molecule has 0 radical (unpaired) electrons. The Hall–Kier alpha value is -2.75. The molecule has 110 valence electrons.